The molecule has 0 bridgehead atoms. The maximum atomic E-state index is 11.4. The monoisotopic (exact) mass is 339 g/mol. The van der Waals surface area contributed by atoms with E-state index in [1.807, 2.05) is 23.1 Å². The maximum absolute atomic E-state index is 11.4. The Labute approximate surface area is 149 Å². The Kier molecular flexibility index (Phi) is 5.24. The summed E-state index contributed by atoms with van der Waals surface area (Å²) in [5.74, 6) is 0.863. The molecule has 132 valence electrons. The van der Waals surface area contributed by atoms with Crippen molar-refractivity contribution in [2.45, 2.75) is 13.5 Å². The van der Waals surface area contributed by atoms with E-state index in [9.17, 15) is 4.79 Å². The van der Waals surface area contributed by atoms with Gasteiger partial charge in [0.15, 0.2) is 0 Å². The second-order valence-electron chi connectivity index (χ2n) is 6.44. The zero-order valence-electron chi connectivity index (χ0n) is 14.9. The minimum Gasteiger partial charge on any atom is -0.495 e. The lowest BCUT2D eigenvalue weighted by molar-refractivity contribution is -0.130. The second kappa shape index (κ2) is 7.57. The Bertz CT molecular complexity index is 752. The summed E-state index contributed by atoms with van der Waals surface area (Å²) in [5, 5.41) is 0. The molecule has 5 heteroatoms. The number of nitrogens with two attached hydrogens (primary N) is 1. The van der Waals surface area contributed by atoms with Gasteiger partial charge in [-0.25, -0.2) is 0 Å². The molecule has 1 saturated heterocycles. The van der Waals surface area contributed by atoms with Crippen LogP contribution in [0.15, 0.2) is 42.5 Å². The van der Waals surface area contributed by atoms with E-state index in [0.717, 1.165) is 43.9 Å². The third-order valence-electron chi connectivity index (χ3n) is 4.72. The van der Waals surface area contributed by atoms with Crippen LogP contribution < -0.4 is 10.5 Å². The first-order chi connectivity index (χ1) is 12.1. The van der Waals surface area contributed by atoms with Crippen molar-refractivity contribution in [2.75, 3.05) is 39.0 Å². The molecule has 3 rings (SSSR count). The van der Waals surface area contributed by atoms with Crippen molar-refractivity contribution < 1.29 is 9.53 Å². The molecule has 0 saturated carbocycles. The summed E-state index contributed by atoms with van der Waals surface area (Å²) in [6, 6.07) is 14.4. The highest BCUT2D eigenvalue weighted by molar-refractivity contribution is 5.73. The lowest BCUT2D eigenvalue weighted by Crippen LogP contribution is -2.47. The number of rotatable bonds is 4. The number of hydrogen-bond donors (Lipinski definition) is 1. The summed E-state index contributed by atoms with van der Waals surface area (Å²) in [6.07, 6.45) is 0. The predicted molar refractivity (Wildman–Crippen MR) is 100 cm³/mol. The number of benzene rings is 2. The van der Waals surface area contributed by atoms with Gasteiger partial charge in [0.2, 0.25) is 5.91 Å². The molecule has 1 amide bonds. The number of anilines is 1. The Balaban J connectivity index is 1.71. The highest BCUT2D eigenvalue weighted by Gasteiger charge is 2.18. The number of nitrogens with zero attached hydrogens (tertiary/aromatic N) is 2. The van der Waals surface area contributed by atoms with Crippen molar-refractivity contribution in [2.24, 2.45) is 0 Å². The van der Waals surface area contributed by atoms with E-state index in [1.165, 1.54) is 5.56 Å². The number of ether oxygens (including phenoxy) is 1. The van der Waals surface area contributed by atoms with Gasteiger partial charge in [0.1, 0.15) is 5.75 Å². The number of carbonyl (C=O) groups is 1. The number of methoxy groups -OCH3 is 1. The van der Waals surface area contributed by atoms with E-state index in [-0.39, 0.29) is 5.91 Å². The van der Waals surface area contributed by atoms with Crippen molar-refractivity contribution in [3.8, 4) is 16.9 Å². The summed E-state index contributed by atoms with van der Waals surface area (Å²) >= 11 is 0. The molecule has 25 heavy (non-hydrogen) atoms. The predicted octanol–water partition coefficient (Wildman–Crippen LogP) is 2.61. The lowest BCUT2D eigenvalue weighted by atomic mass is 10.0. The molecule has 0 radical (unpaired) electrons. The van der Waals surface area contributed by atoms with Gasteiger partial charge >= 0.3 is 0 Å². The molecule has 2 aromatic carbocycles. The van der Waals surface area contributed by atoms with E-state index >= 15 is 0 Å². The minimum atomic E-state index is 0.166. The molecular weight excluding hydrogens is 314 g/mol. The van der Waals surface area contributed by atoms with Crippen LogP contribution in [0.25, 0.3) is 11.1 Å². The lowest BCUT2D eigenvalue weighted by Gasteiger charge is -2.34. The number of nitrogen functional groups attached to an aromatic ring is 1. The molecule has 0 unspecified atom stereocenters. The summed E-state index contributed by atoms with van der Waals surface area (Å²) in [5.41, 5.74) is 10.1. The minimum absolute atomic E-state index is 0.166. The van der Waals surface area contributed by atoms with Crippen molar-refractivity contribution in [1.29, 1.82) is 0 Å². The molecular formula is C20H25N3O2. The van der Waals surface area contributed by atoms with Gasteiger partial charge in [-0.15, -0.1) is 0 Å². The van der Waals surface area contributed by atoms with E-state index in [4.69, 9.17) is 10.5 Å². The smallest absolute Gasteiger partial charge is 0.219 e. The van der Waals surface area contributed by atoms with Crippen LogP contribution >= 0.6 is 0 Å². The molecule has 0 spiro atoms. The van der Waals surface area contributed by atoms with Gasteiger partial charge in [0.05, 0.1) is 12.8 Å². The van der Waals surface area contributed by atoms with Crippen molar-refractivity contribution in [3.63, 3.8) is 0 Å². The fourth-order valence-electron chi connectivity index (χ4n) is 3.22. The molecule has 2 aromatic rings. The van der Waals surface area contributed by atoms with Crippen molar-refractivity contribution >= 4 is 11.6 Å². The second-order valence-corrected chi connectivity index (χ2v) is 6.44. The van der Waals surface area contributed by atoms with Gasteiger partial charge in [-0.2, -0.15) is 0 Å². The molecule has 1 heterocycles. The molecule has 2 N–H and O–H groups in total. The third-order valence-corrected chi connectivity index (χ3v) is 4.72. The van der Waals surface area contributed by atoms with Crippen LogP contribution in [-0.2, 0) is 11.3 Å². The van der Waals surface area contributed by atoms with Crippen LogP contribution in [0.5, 0.6) is 5.75 Å². The van der Waals surface area contributed by atoms with Crippen molar-refractivity contribution in [3.05, 3.63) is 48.0 Å². The van der Waals surface area contributed by atoms with Crippen LogP contribution in [0.3, 0.4) is 0 Å². The average Bonchev–Trinajstić information content (AvgIpc) is 2.63. The van der Waals surface area contributed by atoms with Crippen LogP contribution in [0, 0.1) is 0 Å². The zero-order chi connectivity index (χ0) is 17.8. The Morgan fingerprint density at radius 1 is 1.08 bits per heavy atom. The first-order valence-electron chi connectivity index (χ1n) is 8.57. The standard InChI is InChI=1S/C20H25N3O2/c1-15(24)23-10-8-22(9-11-23)14-16-4-3-5-17(12-16)18-6-7-19(21)20(13-18)25-2/h3-7,12-13H,8-11,14,21H2,1-2H3. The van der Waals surface area contributed by atoms with Crippen LogP contribution in [0.1, 0.15) is 12.5 Å². The Hall–Kier alpha value is -2.53. The Morgan fingerprint density at radius 3 is 2.48 bits per heavy atom. The fraction of sp³-hybridized carbons (Fsp3) is 0.350. The Morgan fingerprint density at radius 2 is 1.80 bits per heavy atom. The number of hydrogen-bond acceptors (Lipinski definition) is 4. The van der Waals surface area contributed by atoms with E-state index < -0.39 is 0 Å². The summed E-state index contributed by atoms with van der Waals surface area (Å²) < 4.78 is 5.32. The molecule has 5 nitrogen and oxygen atoms in total. The normalized spacial score (nSPS) is 15.2. The van der Waals surface area contributed by atoms with Gasteiger partial charge in [-0.1, -0.05) is 24.3 Å². The number of piperazine rings is 1. The first kappa shape index (κ1) is 17.3. The molecule has 1 aliphatic rings. The SMILES string of the molecule is COc1cc(-c2cccc(CN3CCN(C(C)=O)CC3)c2)ccc1N. The molecule has 1 fully saturated rings. The summed E-state index contributed by atoms with van der Waals surface area (Å²) in [4.78, 5) is 15.7. The maximum Gasteiger partial charge on any atom is 0.219 e. The third kappa shape index (κ3) is 4.12. The summed E-state index contributed by atoms with van der Waals surface area (Å²) in [6.45, 7) is 5.99. The van der Waals surface area contributed by atoms with Crippen molar-refractivity contribution in [1.82, 2.24) is 9.80 Å². The topological polar surface area (TPSA) is 58.8 Å². The number of amides is 1. The number of carbonyl (C=O) groups excluding carboxylic acids is 1. The molecule has 0 aliphatic carbocycles. The highest BCUT2D eigenvalue weighted by atomic mass is 16.5. The summed E-state index contributed by atoms with van der Waals surface area (Å²) in [7, 11) is 1.63. The fourth-order valence-corrected chi connectivity index (χ4v) is 3.22. The molecule has 0 aromatic heterocycles. The largest absolute Gasteiger partial charge is 0.495 e. The average molecular weight is 339 g/mol. The van der Waals surface area contributed by atoms with Crippen LogP contribution in [0.2, 0.25) is 0 Å². The van der Waals surface area contributed by atoms with Crippen LogP contribution in [0.4, 0.5) is 5.69 Å². The highest BCUT2D eigenvalue weighted by Crippen LogP contribution is 2.29. The van der Waals surface area contributed by atoms with Gasteiger partial charge < -0.3 is 15.4 Å². The van der Waals surface area contributed by atoms with Gasteiger partial charge in [0.25, 0.3) is 0 Å². The van der Waals surface area contributed by atoms with Crippen LogP contribution in [-0.4, -0.2) is 49.0 Å². The van der Waals surface area contributed by atoms with Gasteiger partial charge in [-0.3, -0.25) is 9.69 Å². The van der Waals surface area contributed by atoms with E-state index in [1.54, 1.807) is 14.0 Å². The van der Waals surface area contributed by atoms with E-state index in [2.05, 4.69) is 29.2 Å². The first-order valence-corrected chi connectivity index (χ1v) is 8.57. The van der Waals surface area contributed by atoms with Gasteiger partial charge in [-0.05, 0) is 34.9 Å². The zero-order valence-corrected chi connectivity index (χ0v) is 14.9. The molecule has 1 aliphatic heterocycles. The van der Waals surface area contributed by atoms with E-state index in [0.29, 0.717) is 11.4 Å². The molecule has 0 atom stereocenters. The quantitative estimate of drug-likeness (QED) is 0.870. The van der Waals surface area contributed by atoms with Gasteiger partial charge in [0, 0.05) is 39.6 Å².